The average molecular weight is 311 g/mol. The van der Waals surface area contributed by atoms with Gasteiger partial charge in [-0.25, -0.2) is 15.0 Å². The van der Waals surface area contributed by atoms with E-state index in [-0.39, 0.29) is 0 Å². The summed E-state index contributed by atoms with van der Waals surface area (Å²) < 4.78 is 2.10. The lowest BCUT2D eigenvalue weighted by Gasteiger charge is -2.29. The fraction of sp³-hybridized carbons (Fsp3) is 0.611. The monoisotopic (exact) mass is 311 g/mol. The van der Waals surface area contributed by atoms with Crippen molar-refractivity contribution in [1.82, 2.24) is 24.4 Å². The van der Waals surface area contributed by atoms with Crippen molar-refractivity contribution in [2.24, 2.45) is 7.05 Å². The standard InChI is InChI=1S/C18H25N5/c1-22-13-19-10-16(22)12-23-8-7-17-15(11-23)9-20-18(21-17)14-5-3-2-4-6-14/h9-10,13-14H,2-8,11-12H2,1H3. The lowest BCUT2D eigenvalue weighted by atomic mass is 9.88. The van der Waals surface area contributed by atoms with Gasteiger partial charge in [-0.3, -0.25) is 4.90 Å². The van der Waals surface area contributed by atoms with E-state index in [1.807, 2.05) is 12.5 Å². The van der Waals surface area contributed by atoms with Gasteiger partial charge >= 0.3 is 0 Å². The van der Waals surface area contributed by atoms with Crippen LogP contribution in [0.4, 0.5) is 0 Å². The third-order valence-electron chi connectivity index (χ3n) is 5.30. The number of aryl methyl sites for hydroxylation is 1. The number of fused-ring (bicyclic) bond motifs is 1. The molecule has 0 unspecified atom stereocenters. The topological polar surface area (TPSA) is 46.8 Å². The van der Waals surface area contributed by atoms with Gasteiger partial charge in [-0.15, -0.1) is 0 Å². The average Bonchev–Trinajstić information content (AvgIpc) is 3.00. The molecule has 0 N–H and O–H groups in total. The van der Waals surface area contributed by atoms with Crippen molar-refractivity contribution in [2.45, 2.75) is 57.5 Å². The van der Waals surface area contributed by atoms with Crippen LogP contribution < -0.4 is 0 Å². The Kier molecular flexibility index (Phi) is 4.12. The van der Waals surface area contributed by atoms with Crippen LogP contribution in [0.3, 0.4) is 0 Å². The van der Waals surface area contributed by atoms with Crippen molar-refractivity contribution in [1.29, 1.82) is 0 Å². The molecule has 0 atom stereocenters. The zero-order valence-electron chi connectivity index (χ0n) is 13.9. The minimum absolute atomic E-state index is 0.599. The minimum atomic E-state index is 0.599. The van der Waals surface area contributed by atoms with Crippen LogP contribution in [0.15, 0.2) is 18.7 Å². The molecule has 2 aromatic rings. The van der Waals surface area contributed by atoms with Gasteiger partial charge in [0.2, 0.25) is 0 Å². The first-order valence-electron chi connectivity index (χ1n) is 8.82. The molecule has 23 heavy (non-hydrogen) atoms. The number of hydrogen-bond acceptors (Lipinski definition) is 4. The molecular weight excluding hydrogens is 286 g/mol. The first-order chi connectivity index (χ1) is 11.3. The summed E-state index contributed by atoms with van der Waals surface area (Å²) in [6, 6.07) is 0. The number of nitrogens with zero attached hydrogens (tertiary/aromatic N) is 5. The van der Waals surface area contributed by atoms with Crippen LogP contribution >= 0.6 is 0 Å². The van der Waals surface area contributed by atoms with Gasteiger partial charge in [0, 0.05) is 62.7 Å². The number of imidazole rings is 1. The third-order valence-corrected chi connectivity index (χ3v) is 5.30. The SMILES string of the molecule is Cn1cncc1CN1CCc2nc(C3CCCCC3)ncc2C1. The normalized spacial score (nSPS) is 19.7. The van der Waals surface area contributed by atoms with E-state index >= 15 is 0 Å². The molecule has 1 aliphatic heterocycles. The van der Waals surface area contributed by atoms with Crippen molar-refractivity contribution < 1.29 is 0 Å². The second kappa shape index (κ2) is 6.40. The second-order valence-corrected chi connectivity index (χ2v) is 6.99. The molecule has 0 aromatic carbocycles. The predicted octanol–water partition coefficient (Wildman–Crippen LogP) is 2.82. The molecule has 4 rings (SSSR count). The first kappa shape index (κ1) is 14.8. The summed E-state index contributed by atoms with van der Waals surface area (Å²) in [7, 11) is 2.06. The molecule has 3 heterocycles. The number of hydrogen-bond donors (Lipinski definition) is 0. The van der Waals surface area contributed by atoms with Crippen LogP contribution in [0.2, 0.25) is 0 Å². The molecule has 0 spiro atoms. The highest BCUT2D eigenvalue weighted by Crippen LogP contribution is 2.31. The summed E-state index contributed by atoms with van der Waals surface area (Å²) in [6.45, 7) is 2.96. The largest absolute Gasteiger partial charge is 0.337 e. The summed E-state index contributed by atoms with van der Waals surface area (Å²) in [5.74, 6) is 1.70. The van der Waals surface area contributed by atoms with Crippen molar-refractivity contribution in [3.8, 4) is 0 Å². The van der Waals surface area contributed by atoms with E-state index in [1.54, 1.807) is 0 Å². The highest BCUT2D eigenvalue weighted by atomic mass is 15.2. The van der Waals surface area contributed by atoms with E-state index in [2.05, 4.69) is 27.7 Å². The summed E-state index contributed by atoms with van der Waals surface area (Å²) in [6.07, 6.45) is 13.5. The smallest absolute Gasteiger partial charge is 0.131 e. The van der Waals surface area contributed by atoms with Crippen LogP contribution in [0.25, 0.3) is 0 Å². The molecule has 1 aliphatic carbocycles. The zero-order chi connectivity index (χ0) is 15.6. The van der Waals surface area contributed by atoms with E-state index in [0.29, 0.717) is 5.92 Å². The van der Waals surface area contributed by atoms with Gasteiger partial charge < -0.3 is 4.57 Å². The van der Waals surface area contributed by atoms with E-state index in [9.17, 15) is 0 Å². The van der Waals surface area contributed by atoms with Crippen molar-refractivity contribution in [3.63, 3.8) is 0 Å². The fourth-order valence-electron chi connectivity index (χ4n) is 3.85. The maximum absolute atomic E-state index is 4.93. The molecule has 122 valence electrons. The third kappa shape index (κ3) is 3.15. The van der Waals surface area contributed by atoms with Crippen LogP contribution in [0, 0.1) is 0 Å². The maximum atomic E-state index is 4.93. The van der Waals surface area contributed by atoms with Crippen LogP contribution in [-0.2, 0) is 26.6 Å². The Labute approximate surface area is 137 Å². The molecule has 2 aromatic heterocycles. The first-order valence-corrected chi connectivity index (χ1v) is 8.82. The quantitative estimate of drug-likeness (QED) is 0.874. The molecular formula is C18H25N5. The Morgan fingerprint density at radius 1 is 1.17 bits per heavy atom. The van der Waals surface area contributed by atoms with E-state index in [1.165, 1.54) is 49.1 Å². The predicted molar refractivity (Wildman–Crippen MR) is 88.9 cm³/mol. The van der Waals surface area contributed by atoms with Gasteiger partial charge in [0.1, 0.15) is 5.82 Å². The van der Waals surface area contributed by atoms with Crippen molar-refractivity contribution in [3.05, 3.63) is 41.5 Å². The molecule has 0 radical (unpaired) electrons. The molecule has 0 amide bonds. The molecule has 0 bridgehead atoms. The Hall–Kier alpha value is -1.75. The van der Waals surface area contributed by atoms with Crippen molar-refractivity contribution in [2.75, 3.05) is 6.54 Å². The number of aromatic nitrogens is 4. The summed E-state index contributed by atoms with van der Waals surface area (Å²) in [5.41, 5.74) is 3.84. The molecule has 5 heteroatoms. The Morgan fingerprint density at radius 3 is 2.83 bits per heavy atom. The van der Waals surface area contributed by atoms with Crippen LogP contribution in [0.5, 0.6) is 0 Å². The van der Waals surface area contributed by atoms with E-state index in [0.717, 1.165) is 31.9 Å². The summed E-state index contributed by atoms with van der Waals surface area (Å²) in [5, 5.41) is 0. The molecule has 2 aliphatic rings. The second-order valence-electron chi connectivity index (χ2n) is 6.99. The lowest BCUT2D eigenvalue weighted by molar-refractivity contribution is 0.237. The zero-order valence-corrected chi connectivity index (χ0v) is 13.9. The van der Waals surface area contributed by atoms with Gasteiger partial charge in [0.15, 0.2) is 0 Å². The van der Waals surface area contributed by atoms with Crippen LogP contribution in [0.1, 0.15) is 60.8 Å². The van der Waals surface area contributed by atoms with Crippen molar-refractivity contribution >= 4 is 0 Å². The maximum Gasteiger partial charge on any atom is 0.131 e. The van der Waals surface area contributed by atoms with Gasteiger partial charge in [-0.1, -0.05) is 19.3 Å². The van der Waals surface area contributed by atoms with Gasteiger partial charge in [0.25, 0.3) is 0 Å². The highest BCUT2D eigenvalue weighted by molar-refractivity contribution is 5.22. The summed E-state index contributed by atoms with van der Waals surface area (Å²) in [4.78, 5) is 16.3. The molecule has 1 fully saturated rings. The van der Waals surface area contributed by atoms with Crippen LogP contribution in [-0.4, -0.2) is 31.0 Å². The Balaban J connectivity index is 1.46. The Bertz CT molecular complexity index is 672. The van der Waals surface area contributed by atoms with Gasteiger partial charge in [0.05, 0.1) is 12.0 Å². The van der Waals surface area contributed by atoms with Gasteiger partial charge in [-0.2, -0.15) is 0 Å². The fourth-order valence-corrected chi connectivity index (χ4v) is 3.85. The van der Waals surface area contributed by atoms with Gasteiger partial charge in [-0.05, 0) is 12.8 Å². The highest BCUT2D eigenvalue weighted by Gasteiger charge is 2.23. The minimum Gasteiger partial charge on any atom is -0.337 e. The molecule has 0 saturated heterocycles. The summed E-state index contributed by atoms with van der Waals surface area (Å²) >= 11 is 0. The molecule has 1 saturated carbocycles. The lowest BCUT2D eigenvalue weighted by Crippen LogP contribution is -2.31. The van der Waals surface area contributed by atoms with E-state index in [4.69, 9.17) is 9.97 Å². The molecule has 5 nitrogen and oxygen atoms in total. The van der Waals surface area contributed by atoms with E-state index < -0.39 is 0 Å². The number of rotatable bonds is 3. The Morgan fingerprint density at radius 2 is 2.04 bits per heavy atom.